The van der Waals surface area contributed by atoms with Crippen molar-refractivity contribution in [3.8, 4) is 33.4 Å². The Morgan fingerprint density at radius 3 is 1.53 bits per heavy atom. The molecule has 0 atom stereocenters. The minimum Gasteiger partial charge on any atom is -0.310 e. The Hall–Kier alpha value is -6.96. The fourth-order valence-corrected chi connectivity index (χ4v) is 8.01. The smallest absolute Gasteiger partial charge is 0.0467 e. The molecule has 0 saturated carbocycles. The van der Waals surface area contributed by atoms with Crippen LogP contribution in [-0.4, -0.2) is 0 Å². The minimum atomic E-state index is 1.10. The van der Waals surface area contributed by atoms with Gasteiger partial charge < -0.3 is 4.90 Å². The van der Waals surface area contributed by atoms with Gasteiger partial charge in [-0.1, -0.05) is 164 Å². The first-order valence-corrected chi connectivity index (χ1v) is 18.3. The Morgan fingerprint density at radius 2 is 0.774 bits per heavy atom. The highest BCUT2D eigenvalue weighted by Gasteiger charge is 2.17. The molecule has 0 aliphatic carbocycles. The van der Waals surface area contributed by atoms with Crippen LogP contribution in [0.1, 0.15) is 0 Å². The van der Waals surface area contributed by atoms with Crippen LogP contribution >= 0.6 is 0 Å². The van der Waals surface area contributed by atoms with Crippen LogP contribution in [0.4, 0.5) is 17.1 Å². The van der Waals surface area contributed by atoms with E-state index in [2.05, 4.69) is 217 Å². The van der Waals surface area contributed by atoms with E-state index in [1.54, 1.807) is 0 Å². The van der Waals surface area contributed by atoms with Crippen LogP contribution in [0.25, 0.3) is 76.5 Å². The van der Waals surface area contributed by atoms with Crippen LogP contribution < -0.4 is 4.90 Å². The quantitative estimate of drug-likeness (QED) is 0.159. The average molecular weight is 674 g/mol. The second-order valence-electron chi connectivity index (χ2n) is 13.8. The lowest BCUT2D eigenvalue weighted by Crippen LogP contribution is -2.10. The lowest BCUT2D eigenvalue weighted by atomic mass is 9.93. The number of hydrogen-bond acceptors (Lipinski definition) is 1. The lowest BCUT2D eigenvalue weighted by Gasteiger charge is -2.27. The van der Waals surface area contributed by atoms with E-state index in [0.29, 0.717) is 0 Å². The summed E-state index contributed by atoms with van der Waals surface area (Å²) in [6.45, 7) is 0. The van der Waals surface area contributed by atoms with Crippen LogP contribution in [0.2, 0.25) is 0 Å². The normalized spacial score (nSPS) is 11.4. The number of nitrogens with zero attached hydrogens (tertiary/aromatic N) is 1. The first-order chi connectivity index (χ1) is 26.3. The third-order valence-corrected chi connectivity index (χ3v) is 10.6. The molecule has 0 amide bonds. The fourth-order valence-electron chi connectivity index (χ4n) is 8.01. The van der Waals surface area contributed by atoms with E-state index in [1.165, 1.54) is 76.5 Å². The number of fused-ring (bicyclic) bond motifs is 5. The summed E-state index contributed by atoms with van der Waals surface area (Å²) in [5.74, 6) is 0. The van der Waals surface area contributed by atoms with Gasteiger partial charge in [-0.25, -0.2) is 0 Å². The van der Waals surface area contributed by atoms with Gasteiger partial charge in [0, 0.05) is 17.1 Å². The highest BCUT2D eigenvalue weighted by Crippen LogP contribution is 2.42. The number of benzene rings is 10. The Kier molecular flexibility index (Phi) is 7.55. The molecule has 1 heteroatoms. The van der Waals surface area contributed by atoms with Gasteiger partial charge in [0.15, 0.2) is 0 Å². The van der Waals surface area contributed by atoms with Crippen LogP contribution in [0.5, 0.6) is 0 Å². The maximum atomic E-state index is 2.39. The van der Waals surface area contributed by atoms with Gasteiger partial charge in [-0.05, 0) is 125 Å². The molecule has 0 aliphatic heterocycles. The van der Waals surface area contributed by atoms with Crippen molar-refractivity contribution in [1.29, 1.82) is 0 Å². The highest BCUT2D eigenvalue weighted by atomic mass is 15.1. The Morgan fingerprint density at radius 1 is 0.226 bits per heavy atom. The highest BCUT2D eigenvalue weighted by molar-refractivity contribution is 6.14. The molecule has 0 aromatic heterocycles. The molecule has 0 fully saturated rings. The van der Waals surface area contributed by atoms with E-state index >= 15 is 0 Å². The zero-order valence-electron chi connectivity index (χ0n) is 29.2. The van der Waals surface area contributed by atoms with E-state index in [9.17, 15) is 0 Å². The van der Waals surface area contributed by atoms with Gasteiger partial charge in [-0.2, -0.15) is 0 Å². The predicted octanol–water partition coefficient (Wildman–Crippen LogP) is 14.8. The van der Waals surface area contributed by atoms with Crippen molar-refractivity contribution in [2.75, 3.05) is 4.90 Å². The van der Waals surface area contributed by atoms with Gasteiger partial charge in [0.05, 0.1) is 0 Å². The summed E-state index contributed by atoms with van der Waals surface area (Å²) in [6.07, 6.45) is 0. The maximum absolute atomic E-state index is 2.39. The van der Waals surface area contributed by atoms with Crippen molar-refractivity contribution in [1.82, 2.24) is 0 Å². The minimum absolute atomic E-state index is 1.10. The van der Waals surface area contributed by atoms with Crippen molar-refractivity contribution in [3.63, 3.8) is 0 Å². The Balaban J connectivity index is 1.13. The Labute approximate surface area is 309 Å². The van der Waals surface area contributed by atoms with E-state index < -0.39 is 0 Å². The molecule has 1 nitrogen and oxygen atoms in total. The summed E-state index contributed by atoms with van der Waals surface area (Å²) in [5, 5.41) is 10.1. The molecule has 10 aromatic rings. The number of anilines is 3. The van der Waals surface area contributed by atoms with E-state index in [1.807, 2.05) is 0 Å². The summed E-state index contributed by atoms with van der Waals surface area (Å²) in [6, 6.07) is 77.3. The zero-order valence-corrected chi connectivity index (χ0v) is 29.2. The topological polar surface area (TPSA) is 3.24 Å². The van der Waals surface area contributed by atoms with Crippen molar-refractivity contribution < 1.29 is 0 Å². The summed E-state index contributed by atoms with van der Waals surface area (Å²) in [7, 11) is 0. The average Bonchev–Trinajstić information content (AvgIpc) is 3.23. The Bertz CT molecular complexity index is 2950. The van der Waals surface area contributed by atoms with Crippen LogP contribution in [0.15, 0.2) is 212 Å². The van der Waals surface area contributed by atoms with Gasteiger partial charge in [-0.15, -0.1) is 0 Å². The fraction of sp³-hybridized carbons (Fsp3) is 0. The van der Waals surface area contributed by atoms with Gasteiger partial charge in [0.25, 0.3) is 0 Å². The van der Waals surface area contributed by atoms with Gasteiger partial charge in [0.1, 0.15) is 0 Å². The summed E-state index contributed by atoms with van der Waals surface area (Å²) in [4.78, 5) is 2.39. The second kappa shape index (κ2) is 13.0. The standard InChI is InChI=1S/C52H35N/c1-2-14-39-32-40(27-26-36(39)12-1)37-28-30-44(31-29-37)53(45-19-9-17-41(33-45)48-25-11-16-38-13-3-5-21-47(38)48)46-20-10-18-42(34-46)52-35-43-15-4-6-22-49(43)50-23-7-8-24-51(50)52/h1-35H. The molecule has 248 valence electrons. The lowest BCUT2D eigenvalue weighted by molar-refractivity contribution is 1.28. The molecule has 0 spiro atoms. The molecule has 0 saturated heterocycles. The molecule has 0 bridgehead atoms. The third kappa shape index (κ3) is 5.60. The first-order valence-electron chi connectivity index (χ1n) is 18.3. The van der Waals surface area contributed by atoms with Gasteiger partial charge >= 0.3 is 0 Å². The summed E-state index contributed by atoms with van der Waals surface area (Å²) < 4.78 is 0. The number of rotatable bonds is 6. The molecule has 0 aliphatic rings. The summed E-state index contributed by atoms with van der Waals surface area (Å²) in [5.41, 5.74) is 10.6. The van der Waals surface area contributed by atoms with Crippen LogP contribution in [-0.2, 0) is 0 Å². The van der Waals surface area contributed by atoms with Gasteiger partial charge in [-0.3, -0.25) is 0 Å². The number of hydrogen-bond donors (Lipinski definition) is 0. The molecule has 0 unspecified atom stereocenters. The molecule has 0 radical (unpaired) electrons. The monoisotopic (exact) mass is 673 g/mol. The largest absolute Gasteiger partial charge is 0.310 e. The van der Waals surface area contributed by atoms with Crippen LogP contribution in [0, 0.1) is 0 Å². The molecule has 0 N–H and O–H groups in total. The second-order valence-corrected chi connectivity index (χ2v) is 13.8. The van der Waals surface area contributed by atoms with Crippen molar-refractivity contribution >= 4 is 60.2 Å². The summed E-state index contributed by atoms with van der Waals surface area (Å²) >= 11 is 0. The molecular weight excluding hydrogens is 639 g/mol. The van der Waals surface area contributed by atoms with Crippen molar-refractivity contribution in [2.24, 2.45) is 0 Å². The molecular formula is C52H35N. The van der Waals surface area contributed by atoms with Crippen molar-refractivity contribution in [3.05, 3.63) is 212 Å². The first kappa shape index (κ1) is 30.8. The molecule has 0 heterocycles. The molecule has 53 heavy (non-hydrogen) atoms. The van der Waals surface area contributed by atoms with E-state index in [0.717, 1.165) is 17.1 Å². The molecule has 10 aromatic carbocycles. The predicted molar refractivity (Wildman–Crippen MR) is 227 cm³/mol. The van der Waals surface area contributed by atoms with Crippen molar-refractivity contribution in [2.45, 2.75) is 0 Å². The maximum Gasteiger partial charge on any atom is 0.0467 e. The SMILES string of the molecule is c1cc(-c2cccc3ccccc23)cc(N(c2ccc(-c3ccc4ccccc4c3)cc2)c2cccc(-c3cc4ccccc4c4ccccc34)c2)c1. The van der Waals surface area contributed by atoms with E-state index in [4.69, 9.17) is 0 Å². The molecule has 10 rings (SSSR count). The van der Waals surface area contributed by atoms with E-state index in [-0.39, 0.29) is 0 Å². The van der Waals surface area contributed by atoms with Crippen LogP contribution in [0.3, 0.4) is 0 Å². The third-order valence-electron chi connectivity index (χ3n) is 10.6. The van der Waals surface area contributed by atoms with Gasteiger partial charge in [0.2, 0.25) is 0 Å². The zero-order chi connectivity index (χ0) is 35.1.